The van der Waals surface area contributed by atoms with Crippen LogP contribution in [-0.4, -0.2) is 38.0 Å². The van der Waals surface area contributed by atoms with Gasteiger partial charge in [-0.15, -0.1) is 0 Å². The number of hydrogen-bond acceptors (Lipinski definition) is 6. The second-order valence-electron chi connectivity index (χ2n) is 6.88. The number of nitrogens with zero attached hydrogens (tertiary/aromatic N) is 1. The molecule has 2 N–H and O–H groups in total. The summed E-state index contributed by atoms with van der Waals surface area (Å²) in [5.74, 6) is 0.734. The third-order valence-electron chi connectivity index (χ3n) is 4.44. The molecule has 30 heavy (non-hydrogen) atoms. The molecule has 8 nitrogen and oxygen atoms in total. The molecule has 1 aliphatic rings. The second kappa shape index (κ2) is 9.62. The number of nitrogens with one attached hydrogen (secondary N) is 2. The first-order chi connectivity index (χ1) is 14.4. The lowest BCUT2D eigenvalue weighted by atomic mass is 10.0. The molecule has 0 bridgehead atoms. The van der Waals surface area contributed by atoms with E-state index in [1.807, 2.05) is 26.0 Å². The van der Waals surface area contributed by atoms with E-state index in [-0.39, 0.29) is 18.6 Å². The van der Waals surface area contributed by atoms with Crippen molar-refractivity contribution >= 4 is 34.0 Å². The van der Waals surface area contributed by atoms with Gasteiger partial charge in [-0.3, -0.25) is 9.59 Å². The Morgan fingerprint density at radius 1 is 1.17 bits per heavy atom. The number of carbonyl (C=O) groups is 2. The molecule has 2 aromatic rings. The van der Waals surface area contributed by atoms with E-state index in [1.54, 1.807) is 31.4 Å². The number of hydrazone groups is 1. The Bertz CT molecular complexity index is 977. The maximum atomic E-state index is 12.6. The molecule has 0 aromatic heterocycles. The van der Waals surface area contributed by atoms with Crippen molar-refractivity contribution in [3.8, 4) is 17.2 Å². The lowest BCUT2D eigenvalue weighted by Gasteiger charge is -2.20. The summed E-state index contributed by atoms with van der Waals surface area (Å²) < 4.78 is 16.7. The van der Waals surface area contributed by atoms with Gasteiger partial charge in [0.05, 0.1) is 13.3 Å². The Hall–Kier alpha value is -3.07. The fraction of sp³-hybridized carbons (Fsp3) is 0.286. The van der Waals surface area contributed by atoms with Gasteiger partial charge in [0.2, 0.25) is 6.79 Å². The molecular weight excluding hydrogens is 454 g/mol. The van der Waals surface area contributed by atoms with Crippen molar-refractivity contribution < 1.29 is 23.8 Å². The highest BCUT2D eigenvalue weighted by atomic mass is 79.9. The van der Waals surface area contributed by atoms with Gasteiger partial charge in [-0.25, -0.2) is 5.43 Å². The number of halogens is 1. The van der Waals surface area contributed by atoms with E-state index in [0.717, 1.165) is 4.47 Å². The van der Waals surface area contributed by atoms with Crippen LogP contribution in [-0.2, 0) is 4.79 Å². The molecule has 1 aliphatic heterocycles. The number of carbonyl (C=O) groups excluding carboxylic acids is 2. The van der Waals surface area contributed by atoms with Crippen LogP contribution in [0.15, 0.2) is 46.0 Å². The Kier molecular flexibility index (Phi) is 6.94. The summed E-state index contributed by atoms with van der Waals surface area (Å²) in [6.45, 7) is 3.80. The topological polar surface area (TPSA) is 98.2 Å². The van der Waals surface area contributed by atoms with E-state index in [2.05, 4.69) is 31.8 Å². The van der Waals surface area contributed by atoms with E-state index in [0.29, 0.717) is 28.4 Å². The van der Waals surface area contributed by atoms with Crippen molar-refractivity contribution in [3.63, 3.8) is 0 Å². The number of benzene rings is 2. The van der Waals surface area contributed by atoms with Gasteiger partial charge in [-0.05, 0) is 42.3 Å². The maximum absolute atomic E-state index is 12.6. The van der Waals surface area contributed by atoms with Crippen LogP contribution >= 0.6 is 15.9 Å². The molecule has 158 valence electrons. The van der Waals surface area contributed by atoms with Crippen LogP contribution in [0.2, 0.25) is 0 Å². The van der Waals surface area contributed by atoms with Gasteiger partial charge in [0.1, 0.15) is 11.8 Å². The standard InChI is InChI=1S/C21H22BrN3O5/c1-12(2)19(24-20(26)13-4-6-17-18(9-13)30-11-29-17)21(27)25-23-10-14-8-15(22)5-7-16(14)28-3/h4-10,12,19H,11H2,1-3H3,(H,24,26)(H,25,27)/b23-10+. The number of rotatable bonds is 7. The summed E-state index contributed by atoms with van der Waals surface area (Å²) in [4.78, 5) is 25.3. The van der Waals surface area contributed by atoms with Gasteiger partial charge in [-0.1, -0.05) is 29.8 Å². The first kappa shape index (κ1) is 21.6. The van der Waals surface area contributed by atoms with Gasteiger partial charge in [0.15, 0.2) is 11.5 Å². The van der Waals surface area contributed by atoms with Gasteiger partial charge < -0.3 is 19.5 Å². The minimum Gasteiger partial charge on any atom is -0.496 e. The van der Waals surface area contributed by atoms with Crippen molar-refractivity contribution in [2.24, 2.45) is 11.0 Å². The van der Waals surface area contributed by atoms with E-state index < -0.39 is 11.9 Å². The highest BCUT2D eigenvalue weighted by molar-refractivity contribution is 9.10. The molecule has 1 unspecified atom stereocenters. The first-order valence-corrected chi connectivity index (χ1v) is 10.1. The van der Waals surface area contributed by atoms with Crippen LogP contribution in [0.4, 0.5) is 0 Å². The normalized spacial score (nSPS) is 13.4. The molecular formula is C21H22BrN3O5. The van der Waals surface area contributed by atoms with Crippen molar-refractivity contribution in [2.75, 3.05) is 13.9 Å². The minimum absolute atomic E-state index is 0.123. The number of hydrogen-bond donors (Lipinski definition) is 2. The molecule has 0 fully saturated rings. The second-order valence-corrected chi connectivity index (χ2v) is 7.80. The van der Waals surface area contributed by atoms with Gasteiger partial charge in [0.25, 0.3) is 11.8 Å². The van der Waals surface area contributed by atoms with E-state index in [1.165, 1.54) is 6.21 Å². The zero-order chi connectivity index (χ0) is 21.7. The number of ether oxygens (including phenoxy) is 3. The summed E-state index contributed by atoms with van der Waals surface area (Å²) in [5.41, 5.74) is 3.55. The third kappa shape index (κ3) is 5.10. The zero-order valence-electron chi connectivity index (χ0n) is 16.8. The van der Waals surface area contributed by atoms with Gasteiger partial charge in [-0.2, -0.15) is 5.10 Å². The van der Waals surface area contributed by atoms with E-state index >= 15 is 0 Å². The van der Waals surface area contributed by atoms with Crippen LogP contribution in [0.25, 0.3) is 0 Å². The lowest BCUT2D eigenvalue weighted by Crippen LogP contribution is -2.48. The average molecular weight is 476 g/mol. The monoisotopic (exact) mass is 475 g/mol. The van der Waals surface area contributed by atoms with Gasteiger partial charge in [0, 0.05) is 15.6 Å². The molecule has 2 amide bonds. The zero-order valence-corrected chi connectivity index (χ0v) is 18.4. The molecule has 2 aromatic carbocycles. The van der Waals surface area contributed by atoms with Crippen molar-refractivity contribution in [1.29, 1.82) is 0 Å². The predicted molar refractivity (Wildman–Crippen MR) is 115 cm³/mol. The molecule has 1 atom stereocenters. The number of methoxy groups -OCH3 is 1. The fourth-order valence-electron chi connectivity index (χ4n) is 2.84. The van der Waals surface area contributed by atoms with Crippen LogP contribution < -0.4 is 25.0 Å². The molecule has 0 radical (unpaired) electrons. The maximum Gasteiger partial charge on any atom is 0.262 e. The number of amides is 2. The van der Waals surface area contributed by atoms with Crippen molar-refractivity contribution in [2.45, 2.75) is 19.9 Å². The molecule has 0 saturated heterocycles. The van der Waals surface area contributed by atoms with Crippen LogP contribution in [0.5, 0.6) is 17.2 Å². The summed E-state index contributed by atoms with van der Waals surface area (Å²) in [5, 5.41) is 6.76. The summed E-state index contributed by atoms with van der Waals surface area (Å²) in [6.07, 6.45) is 1.48. The molecule has 0 saturated carbocycles. The van der Waals surface area contributed by atoms with E-state index in [9.17, 15) is 9.59 Å². The highest BCUT2D eigenvalue weighted by Gasteiger charge is 2.25. The summed E-state index contributed by atoms with van der Waals surface area (Å²) in [6, 6.07) is 9.54. The van der Waals surface area contributed by atoms with Crippen molar-refractivity contribution in [3.05, 3.63) is 52.0 Å². The fourth-order valence-corrected chi connectivity index (χ4v) is 3.22. The molecule has 0 spiro atoms. The smallest absolute Gasteiger partial charge is 0.262 e. The minimum atomic E-state index is -0.774. The summed E-state index contributed by atoms with van der Waals surface area (Å²) in [7, 11) is 1.56. The molecule has 0 aliphatic carbocycles. The third-order valence-corrected chi connectivity index (χ3v) is 4.93. The Balaban J connectivity index is 1.66. The first-order valence-electron chi connectivity index (χ1n) is 9.26. The van der Waals surface area contributed by atoms with Crippen LogP contribution in [0.3, 0.4) is 0 Å². The lowest BCUT2D eigenvalue weighted by molar-refractivity contribution is -0.123. The molecule has 3 rings (SSSR count). The quantitative estimate of drug-likeness (QED) is 0.473. The number of fused-ring (bicyclic) bond motifs is 1. The van der Waals surface area contributed by atoms with Gasteiger partial charge >= 0.3 is 0 Å². The predicted octanol–water partition coefficient (Wildman–Crippen LogP) is 3.09. The SMILES string of the molecule is COc1ccc(Br)cc1/C=N/NC(=O)C(NC(=O)c1ccc2c(c1)OCO2)C(C)C. The molecule has 9 heteroatoms. The average Bonchev–Trinajstić information content (AvgIpc) is 3.19. The van der Waals surface area contributed by atoms with Crippen molar-refractivity contribution in [1.82, 2.24) is 10.7 Å². The Morgan fingerprint density at radius 2 is 1.93 bits per heavy atom. The largest absolute Gasteiger partial charge is 0.496 e. The Labute approximate surface area is 182 Å². The van der Waals surface area contributed by atoms with Crippen LogP contribution in [0, 0.1) is 5.92 Å². The molecule has 1 heterocycles. The summed E-state index contributed by atoms with van der Waals surface area (Å²) >= 11 is 3.39. The van der Waals surface area contributed by atoms with Crippen LogP contribution in [0.1, 0.15) is 29.8 Å². The Morgan fingerprint density at radius 3 is 2.67 bits per heavy atom. The van der Waals surface area contributed by atoms with E-state index in [4.69, 9.17) is 14.2 Å². The highest BCUT2D eigenvalue weighted by Crippen LogP contribution is 2.32.